The van der Waals surface area contributed by atoms with Crippen LogP contribution in [0, 0.1) is 0 Å². The number of carbonyl (C=O) groups is 2. The van der Waals surface area contributed by atoms with Gasteiger partial charge in [0.1, 0.15) is 0 Å². The van der Waals surface area contributed by atoms with Crippen LogP contribution in [0.25, 0.3) is 6.08 Å². The van der Waals surface area contributed by atoms with Gasteiger partial charge in [0.15, 0.2) is 11.5 Å². The van der Waals surface area contributed by atoms with Crippen LogP contribution in [0.15, 0.2) is 48.5 Å². The lowest BCUT2D eigenvalue weighted by atomic mass is 10.1. The van der Waals surface area contributed by atoms with Crippen LogP contribution in [0.5, 0.6) is 11.5 Å². The molecule has 2 aromatic rings. The molecule has 0 aliphatic carbocycles. The molecule has 2 rings (SSSR count). The number of amides is 1. The second-order valence-electron chi connectivity index (χ2n) is 4.80. The SMILES string of the molecule is COc1cc(/C=C/C(=O)Nc2ccccc2C(=O)ON)ccc1ON. The van der Waals surface area contributed by atoms with Crippen molar-refractivity contribution >= 4 is 23.6 Å². The molecule has 5 N–H and O–H groups in total. The molecule has 25 heavy (non-hydrogen) atoms. The summed E-state index contributed by atoms with van der Waals surface area (Å²) in [6, 6.07) is 11.3. The number of carbonyl (C=O) groups excluding carboxylic acids is 2. The molecule has 0 unspecified atom stereocenters. The summed E-state index contributed by atoms with van der Waals surface area (Å²) in [5.41, 5.74) is 1.14. The fourth-order valence-electron chi connectivity index (χ4n) is 2.07. The smallest absolute Gasteiger partial charge is 0.358 e. The summed E-state index contributed by atoms with van der Waals surface area (Å²) in [6.45, 7) is 0. The topological polar surface area (TPSA) is 126 Å². The monoisotopic (exact) mass is 343 g/mol. The zero-order valence-corrected chi connectivity index (χ0v) is 13.4. The van der Waals surface area contributed by atoms with Crippen molar-refractivity contribution < 1.29 is 24.0 Å². The summed E-state index contributed by atoms with van der Waals surface area (Å²) >= 11 is 0. The van der Waals surface area contributed by atoms with E-state index in [4.69, 9.17) is 16.5 Å². The Labute approximate surface area is 143 Å². The van der Waals surface area contributed by atoms with Gasteiger partial charge >= 0.3 is 5.97 Å². The van der Waals surface area contributed by atoms with E-state index in [1.165, 1.54) is 19.3 Å². The molecule has 0 aliphatic rings. The van der Waals surface area contributed by atoms with Crippen molar-refractivity contribution in [1.82, 2.24) is 0 Å². The molecular weight excluding hydrogens is 326 g/mol. The molecule has 0 saturated carbocycles. The van der Waals surface area contributed by atoms with Gasteiger partial charge in [0.05, 0.1) is 18.4 Å². The van der Waals surface area contributed by atoms with Gasteiger partial charge in [0, 0.05) is 6.08 Å². The molecule has 130 valence electrons. The Morgan fingerprint density at radius 1 is 1.08 bits per heavy atom. The molecular formula is C17H17N3O5. The number of rotatable bonds is 6. The summed E-state index contributed by atoms with van der Waals surface area (Å²) in [4.78, 5) is 32.5. The molecule has 0 saturated heterocycles. The second-order valence-corrected chi connectivity index (χ2v) is 4.80. The first-order valence-electron chi connectivity index (χ1n) is 7.13. The first kappa shape index (κ1) is 18.0. The van der Waals surface area contributed by atoms with Crippen LogP contribution < -0.4 is 26.7 Å². The predicted molar refractivity (Wildman–Crippen MR) is 91.5 cm³/mol. The van der Waals surface area contributed by atoms with Gasteiger partial charge in [-0.2, -0.15) is 11.8 Å². The van der Waals surface area contributed by atoms with Gasteiger partial charge in [0.25, 0.3) is 0 Å². The van der Waals surface area contributed by atoms with E-state index in [0.29, 0.717) is 17.1 Å². The highest BCUT2D eigenvalue weighted by Crippen LogP contribution is 2.27. The minimum atomic E-state index is -0.748. The fourth-order valence-corrected chi connectivity index (χ4v) is 2.07. The van der Waals surface area contributed by atoms with Crippen LogP contribution in [-0.2, 0) is 9.63 Å². The summed E-state index contributed by atoms with van der Waals surface area (Å²) in [5.74, 6) is 9.63. The van der Waals surface area contributed by atoms with E-state index in [1.54, 1.807) is 42.5 Å². The number of para-hydroxylation sites is 1. The van der Waals surface area contributed by atoms with Crippen molar-refractivity contribution in [3.63, 3.8) is 0 Å². The van der Waals surface area contributed by atoms with Crippen LogP contribution >= 0.6 is 0 Å². The maximum atomic E-state index is 12.1. The normalized spacial score (nSPS) is 10.4. The Hall–Kier alpha value is -3.36. The molecule has 0 aromatic heterocycles. The standard InChI is InChI=1S/C17H17N3O5/c1-23-15-10-11(6-8-14(15)24-18)7-9-16(21)20-13-5-3-2-4-12(13)17(22)25-19/h2-10H,18-19H2,1H3,(H,20,21)/b9-7+. The van der Waals surface area contributed by atoms with Crippen molar-refractivity contribution in [3.05, 3.63) is 59.7 Å². The molecule has 0 atom stereocenters. The van der Waals surface area contributed by atoms with Gasteiger partial charge in [-0.1, -0.05) is 18.2 Å². The zero-order valence-electron chi connectivity index (χ0n) is 13.4. The van der Waals surface area contributed by atoms with Crippen molar-refractivity contribution in [2.24, 2.45) is 11.8 Å². The summed E-state index contributed by atoms with van der Waals surface area (Å²) in [7, 11) is 1.48. The van der Waals surface area contributed by atoms with E-state index in [0.717, 1.165) is 0 Å². The van der Waals surface area contributed by atoms with Gasteiger partial charge in [-0.15, -0.1) is 0 Å². The van der Waals surface area contributed by atoms with Crippen molar-refractivity contribution in [3.8, 4) is 11.5 Å². The Kier molecular flexibility index (Phi) is 6.10. The highest BCUT2D eigenvalue weighted by Gasteiger charge is 2.12. The van der Waals surface area contributed by atoms with E-state index in [-0.39, 0.29) is 11.3 Å². The lowest BCUT2D eigenvalue weighted by Crippen LogP contribution is -2.15. The Balaban J connectivity index is 2.13. The zero-order chi connectivity index (χ0) is 18.2. The van der Waals surface area contributed by atoms with Crippen molar-refractivity contribution in [2.75, 3.05) is 12.4 Å². The first-order valence-corrected chi connectivity index (χ1v) is 7.13. The minimum absolute atomic E-state index is 0.151. The highest BCUT2D eigenvalue weighted by molar-refractivity contribution is 6.06. The Morgan fingerprint density at radius 2 is 1.84 bits per heavy atom. The van der Waals surface area contributed by atoms with Gasteiger partial charge in [-0.25, -0.2) is 4.79 Å². The van der Waals surface area contributed by atoms with E-state index in [1.807, 2.05) is 0 Å². The van der Waals surface area contributed by atoms with Gasteiger partial charge < -0.3 is 19.7 Å². The minimum Gasteiger partial charge on any atom is -0.493 e. The third-order valence-corrected chi connectivity index (χ3v) is 3.25. The van der Waals surface area contributed by atoms with E-state index in [9.17, 15) is 9.59 Å². The largest absolute Gasteiger partial charge is 0.493 e. The number of hydrogen-bond donors (Lipinski definition) is 3. The molecule has 0 bridgehead atoms. The first-order chi connectivity index (χ1) is 12.1. The van der Waals surface area contributed by atoms with Crippen LogP contribution in [0.2, 0.25) is 0 Å². The fraction of sp³-hybridized carbons (Fsp3) is 0.0588. The van der Waals surface area contributed by atoms with Crippen molar-refractivity contribution in [2.45, 2.75) is 0 Å². The maximum Gasteiger partial charge on any atom is 0.358 e. The predicted octanol–water partition coefficient (Wildman–Crippen LogP) is 1.63. The van der Waals surface area contributed by atoms with Gasteiger partial charge in [0.2, 0.25) is 5.91 Å². The van der Waals surface area contributed by atoms with Crippen molar-refractivity contribution in [1.29, 1.82) is 0 Å². The molecule has 8 heteroatoms. The highest BCUT2D eigenvalue weighted by atomic mass is 16.7. The third-order valence-electron chi connectivity index (χ3n) is 3.25. The number of ether oxygens (including phenoxy) is 1. The molecule has 2 aromatic carbocycles. The lowest BCUT2D eigenvalue weighted by molar-refractivity contribution is -0.111. The number of nitrogens with two attached hydrogens (primary N) is 2. The number of hydrogen-bond acceptors (Lipinski definition) is 7. The van der Waals surface area contributed by atoms with Gasteiger partial charge in [-0.3, -0.25) is 4.79 Å². The summed E-state index contributed by atoms with van der Waals surface area (Å²) < 4.78 is 5.13. The molecule has 1 amide bonds. The van der Waals surface area contributed by atoms with E-state index < -0.39 is 11.9 Å². The molecule has 0 radical (unpaired) electrons. The number of nitrogens with one attached hydrogen (secondary N) is 1. The van der Waals surface area contributed by atoms with Crippen LogP contribution in [-0.4, -0.2) is 19.0 Å². The Bertz CT molecular complexity index is 805. The quantitative estimate of drug-likeness (QED) is 0.537. The summed E-state index contributed by atoms with van der Waals surface area (Å²) in [6.07, 6.45) is 2.88. The molecule has 0 spiro atoms. The molecule has 0 heterocycles. The molecule has 0 aliphatic heterocycles. The van der Waals surface area contributed by atoms with Crippen LogP contribution in [0.3, 0.4) is 0 Å². The molecule has 0 fully saturated rings. The van der Waals surface area contributed by atoms with E-state index >= 15 is 0 Å². The van der Waals surface area contributed by atoms with Gasteiger partial charge in [-0.05, 0) is 35.9 Å². The number of methoxy groups -OCH3 is 1. The third kappa shape index (κ3) is 4.56. The van der Waals surface area contributed by atoms with Crippen LogP contribution in [0.1, 0.15) is 15.9 Å². The maximum absolute atomic E-state index is 12.1. The average Bonchev–Trinajstić information content (AvgIpc) is 2.65. The molecule has 8 nitrogen and oxygen atoms in total. The average molecular weight is 343 g/mol. The Morgan fingerprint density at radius 3 is 2.52 bits per heavy atom. The summed E-state index contributed by atoms with van der Waals surface area (Å²) in [5, 5.41) is 2.59. The van der Waals surface area contributed by atoms with E-state index in [2.05, 4.69) is 15.0 Å². The number of benzene rings is 2. The van der Waals surface area contributed by atoms with Crippen LogP contribution in [0.4, 0.5) is 5.69 Å². The lowest BCUT2D eigenvalue weighted by Gasteiger charge is -2.08. The second kappa shape index (κ2) is 8.48. The number of anilines is 1.